The van der Waals surface area contributed by atoms with E-state index in [1.807, 2.05) is 6.07 Å². The second-order valence-corrected chi connectivity index (χ2v) is 8.63. The Kier molecular flexibility index (Phi) is 5.38. The molecule has 1 aromatic heterocycles. The lowest BCUT2D eigenvalue weighted by atomic mass is 9.82. The number of carboxylic acids is 1. The number of phenols is 1. The van der Waals surface area contributed by atoms with Gasteiger partial charge < -0.3 is 19.9 Å². The van der Waals surface area contributed by atoms with E-state index in [1.54, 1.807) is 48.5 Å². The van der Waals surface area contributed by atoms with Crippen molar-refractivity contribution in [2.45, 2.75) is 37.7 Å². The summed E-state index contributed by atoms with van der Waals surface area (Å²) in [6.45, 7) is 0. The number of carboxylic acid groups (broad SMARTS) is 1. The highest BCUT2D eigenvalue weighted by Crippen LogP contribution is 2.47. The normalized spacial score (nSPS) is 18.5. The van der Waals surface area contributed by atoms with Crippen molar-refractivity contribution in [2.75, 3.05) is 0 Å². The monoisotopic (exact) mass is 445 g/mol. The molecule has 0 bridgehead atoms. The summed E-state index contributed by atoms with van der Waals surface area (Å²) in [7, 11) is 0. The van der Waals surface area contributed by atoms with Crippen LogP contribution in [0.4, 0.5) is 4.39 Å². The number of aliphatic hydroxyl groups excluding tert-OH is 1. The van der Waals surface area contributed by atoms with Crippen molar-refractivity contribution in [3.63, 3.8) is 0 Å². The van der Waals surface area contributed by atoms with Gasteiger partial charge in [-0.25, -0.2) is 9.18 Å². The van der Waals surface area contributed by atoms with E-state index in [0.717, 1.165) is 40.9 Å². The zero-order valence-electron chi connectivity index (χ0n) is 17.9. The summed E-state index contributed by atoms with van der Waals surface area (Å²) in [6.07, 6.45) is 2.59. The average molecular weight is 445 g/mol. The predicted molar refractivity (Wildman–Crippen MR) is 125 cm³/mol. The number of carbonyl (C=O) groups is 1. The van der Waals surface area contributed by atoms with Crippen LogP contribution in [0.2, 0.25) is 0 Å². The number of phenolic OH excluding ortho intramolecular Hbond substituents is 1. The van der Waals surface area contributed by atoms with Gasteiger partial charge >= 0.3 is 5.97 Å². The minimum absolute atomic E-state index is 0.111. The fourth-order valence-corrected chi connectivity index (χ4v) is 5.02. The third kappa shape index (κ3) is 3.76. The van der Waals surface area contributed by atoms with Crippen molar-refractivity contribution < 1.29 is 24.5 Å². The molecule has 1 saturated carbocycles. The van der Waals surface area contributed by atoms with E-state index in [-0.39, 0.29) is 29.2 Å². The van der Waals surface area contributed by atoms with Crippen molar-refractivity contribution in [1.82, 2.24) is 4.57 Å². The molecule has 0 saturated heterocycles. The molecule has 0 unspecified atom stereocenters. The molecule has 5 rings (SSSR count). The topological polar surface area (TPSA) is 82.7 Å². The fraction of sp³-hybridized carbons (Fsp3) is 0.222. The van der Waals surface area contributed by atoms with E-state index in [1.165, 1.54) is 12.1 Å². The van der Waals surface area contributed by atoms with Gasteiger partial charge in [-0.2, -0.15) is 0 Å². The second-order valence-electron chi connectivity index (χ2n) is 8.63. The molecule has 1 aliphatic rings. The van der Waals surface area contributed by atoms with Gasteiger partial charge in [-0.05, 0) is 79.8 Å². The number of hydrogen-bond donors (Lipinski definition) is 3. The third-order valence-corrected chi connectivity index (χ3v) is 6.60. The number of aromatic carboxylic acids is 1. The number of hydrogen-bond acceptors (Lipinski definition) is 3. The van der Waals surface area contributed by atoms with Crippen molar-refractivity contribution in [2.24, 2.45) is 0 Å². The van der Waals surface area contributed by atoms with Crippen molar-refractivity contribution in [3.8, 4) is 22.6 Å². The standard InChI is InChI=1S/C27H24FNO4/c28-19-10-12-20(13-11-19)29-22-2-1-3-23(31)25(22)24(16-4-6-18(7-5-16)27(32)33)26(29)17-8-14-21(30)15-9-17/h1-7,10-13,17,21,30-31H,8-9,14-15H2,(H,32,33)/t17-,21-. The van der Waals surface area contributed by atoms with E-state index >= 15 is 0 Å². The highest BCUT2D eigenvalue weighted by molar-refractivity contribution is 6.03. The zero-order valence-corrected chi connectivity index (χ0v) is 17.9. The summed E-state index contributed by atoms with van der Waals surface area (Å²) in [5.41, 5.74) is 4.38. The van der Waals surface area contributed by atoms with Crippen LogP contribution in [0.1, 0.15) is 47.7 Å². The molecule has 0 amide bonds. The number of rotatable bonds is 4. The molecule has 1 heterocycles. The Labute approximate surface area is 190 Å². The average Bonchev–Trinajstić information content (AvgIpc) is 3.16. The first-order valence-corrected chi connectivity index (χ1v) is 11.1. The van der Waals surface area contributed by atoms with E-state index in [2.05, 4.69) is 4.57 Å². The van der Waals surface area contributed by atoms with Gasteiger partial charge in [0, 0.05) is 28.2 Å². The van der Waals surface area contributed by atoms with Gasteiger partial charge in [0.1, 0.15) is 11.6 Å². The van der Waals surface area contributed by atoms with Crippen molar-refractivity contribution in [3.05, 3.63) is 83.8 Å². The Hall–Kier alpha value is -3.64. The quantitative estimate of drug-likeness (QED) is 0.368. The van der Waals surface area contributed by atoms with Gasteiger partial charge in [0.05, 0.1) is 17.2 Å². The van der Waals surface area contributed by atoms with Gasteiger partial charge in [-0.1, -0.05) is 18.2 Å². The lowest BCUT2D eigenvalue weighted by Crippen LogP contribution is -2.19. The first-order valence-electron chi connectivity index (χ1n) is 11.1. The molecule has 0 radical (unpaired) electrons. The van der Waals surface area contributed by atoms with Gasteiger partial charge in [-0.3, -0.25) is 0 Å². The number of nitrogens with zero attached hydrogens (tertiary/aromatic N) is 1. The second kappa shape index (κ2) is 8.37. The summed E-state index contributed by atoms with van der Waals surface area (Å²) in [5.74, 6) is -1.09. The van der Waals surface area contributed by atoms with Crippen LogP contribution < -0.4 is 0 Å². The van der Waals surface area contributed by atoms with Crippen LogP contribution in [-0.4, -0.2) is 32.0 Å². The Balaban J connectivity index is 1.83. The number of aliphatic hydroxyl groups is 1. The van der Waals surface area contributed by atoms with E-state index < -0.39 is 5.97 Å². The summed E-state index contributed by atoms with van der Waals surface area (Å²) >= 11 is 0. The third-order valence-electron chi connectivity index (χ3n) is 6.60. The summed E-state index contributed by atoms with van der Waals surface area (Å²) < 4.78 is 15.8. The van der Waals surface area contributed by atoms with Crippen LogP contribution in [-0.2, 0) is 0 Å². The van der Waals surface area contributed by atoms with E-state index in [9.17, 15) is 24.5 Å². The molecule has 3 N–H and O–H groups in total. The largest absolute Gasteiger partial charge is 0.507 e. The van der Waals surface area contributed by atoms with Gasteiger partial charge in [0.15, 0.2) is 0 Å². The van der Waals surface area contributed by atoms with Crippen molar-refractivity contribution in [1.29, 1.82) is 0 Å². The van der Waals surface area contributed by atoms with Gasteiger partial charge in [0.25, 0.3) is 0 Å². The summed E-state index contributed by atoms with van der Waals surface area (Å²) in [6, 6.07) is 18.3. The molecule has 168 valence electrons. The predicted octanol–water partition coefficient (Wildman–Crippen LogP) is 5.86. The molecule has 1 fully saturated rings. The Bertz CT molecular complexity index is 1320. The summed E-state index contributed by atoms with van der Waals surface area (Å²) in [5, 5.41) is 31.0. The van der Waals surface area contributed by atoms with Crippen LogP contribution in [0.15, 0.2) is 66.7 Å². The highest BCUT2D eigenvalue weighted by Gasteiger charge is 2.30. The van der Waals surface area contributed by atoms with Crippen LogP contribution in [0.5, 0.6) is 5.75 Å². The maximum Gasteiger partial charge on any atom is 0.335 e. The SMILES string of the molecule is O=C(O)c1ccc(-c2c3c(O)cccc3n(-c3ccc(F)cc3)c2[C@H]2CC[C@H](O)CC2)cc1. The number of aromatic hydroxyl groups is 1. The number of benzene rings is 3. The molecule has 4 aromatic rings. The molecule has 0 spiro atoms. The molecular formula is C27H24FNO4. The molecule has 6 heteroatoms. The highest BCUT2D eigenvalue weighted by atomic mass is 19.1. The van der Waals surface area contributed by atoms with E-state index in [0.29, 0.717) is 18.2 Å². The number of fused-ring (bicyclic) bond motifs is 1. The molecule has 1 aliphatic carbocycles. The maximum absolute atomic E-state index is 13.7. The minimum atomic E-state index is -1.00. The first-order chi connectivity index (χ1) is 15.9. The van der Waals surface area contributed by atoms with Crippen LogP contribution in [0, 0.1) is 5.82 Å². The number of aromatic nitrogens is 1. The smallest absolute Gasteiger partial charge is 0.335 e. The zero-order chi connectivity index (χ0) is 23.1. The first kappa shape index (κ1) is 21.2. The van der Waals surface area contributed by atoms with Gasteiger partial charge in [-0.15, -0.1) is 0 Å². The lowest BCUT2D eigenvalue weighted by molar-refractivity contribution is 0.0697. The Morgan fingerprint density at radius 3 is 2.21 bits per heavy atom. The Morgan fingerprint density at radius 2 is 1.58 bits per heavy atom. The minimum Gasteiger partial charge on any atom is -0.507 e. The Morgan fingerprint density at radius 1 is 0.909 bits per heavy atom. The van der Waals surface area contributed by atoms with Crippen LogP contribution in [0.25, 0.3) is 27.7 Å². The number of halogens is 1. The van der Waals surface area contributed by atoms with Crippen LogP contribution >= 0.6 is 0 Å². The molecule has 33 heavy (non-hydrogen) atoms. The molecule has 0 atom stereocenters. The fourth-order valence-electron chi connectivity index (χ4n) is 5.02. The van der Waals surface area contributed by atoms with Crippen LogP contribution in [0.3, 0.4) is 0 Å². The van der Waals surface area contributed by atoms with Gasteiger partial charge in [0.2, 0.25) is 0 Å². The van der Waals surface area contributed by atoms with Crippen molar-refractivity contribution >= 4 is 16.9 Å². The summed E-state index contributed by atoms with van der Waals surface area (Å²) in [4.78, 5) is 11.4. The molecular weight excluding hydrogens is 421 g/mol. The maximum atomic E-state index is 13.7. The lowest BCUT2D eigenvalue weighted by Gasteiger charge is -2.28. The molecule has 3 aromatic carbocycles. The molecule has 5 nitrogen and oxygen atoms in total. The molecule has 0 aliphatic heterocycles. The van der Waals surface area contributed by atoms with E-state index in [4.69, 9.17) is 0 Å².